The summed E-state index contributed by atoms with van der Waals surface area (Å²) >= 11 is 12.0. The van der Waals surface area contributed by atoms with Crippen molar-refractivity contribution < 1.29 is 4.79 Å². The summed E-state index contributed by atoms with van der Waals surface area (Å²) in [5.74, 6) is 0.375. The van der Waals surface area contributed by atoms with Crippen LogP contribution in [0.1, 0.15) is 18.4 Å². The lowest BCUT2D eigenvalue weighted by atomic mass is 9.91. The number of carbonyl (C=O) groups excluding carboxylic acids is 1. The van der Waals surface area contributed by atoms with Crippen LogP contribution in [0.4, 0.5) is 0 Å². The van der Waals surface area contributed by atoms with Crippen LogP contribution in [0, 0.1) is 5.92 Å². The summed E-state index contributed by atoms with van der Waals surface area (Å²) < 4.78 is 0. The van der Waals surface area contributed by atoms with Crippen molar-refractivity contribution in [3.05, 3.63) is 33.8 Å². The van der Waals surface area contributed by atoms with E-state index in [0.717, 1.165) is 31.5 Å². The van der Waals surface area contributed by atoms with Crippen LogP contribution in [-0.4, -0.2) is 18.9 Å². The van der Waals surface area contributed by atoms with Crippen LogP contribution in [0.15, 0.2) is 18.2 Å². The zero-order valence-corrected chi connectivity index (χ0v) is 11.0. The smallest absolute Gasteiger partial charge is 0.141 e. The van der Waals surface area contributed by atoms with Crippen LogP contribution in [0.2, 0.25) is 10.0 Å². The number of hydrogen-bond donors (Lipinski definition) is 1. The summed E-state index contributed by atoms with van der Waals surface area (Å²) in [6.45, 7) is 1.80. The third-order valence-electron chi connectivity index (χ3n) is 3.15. The number of benzene rings is 1. The first kappa shape index (κ1) is 12.9. The Morgan fingerprint density at radius 1 is 1.41 bits per heavy atom. The second-order valence-corrected chi connectivity index (χ2v) is 5.18. The molecule has 1 aliphatic rings. The maximum Gasteiger partial charge on any atom is 0.141 e. The summed E-state index contributed by atoms with van der Waals surface area (Å²) in [7, 11) is 0. The Hall–Kier alpha value is -0.570. The van der Waals surface area contributed by atoms with Gasteiger partial charge in [-0.3, -0.25) is 4.79 Å². The first-order valence-electron chi connectivity index (χ1n) is 5.85. The lowest BCUT2D eigenvalue weighted by Crippen LogP contribution is -2.35. The fourth-order valence-electron chi connectivity index (χ4n) is 2.14. The average Bonchev–Trinajstić information content (AvgIpc) is 2.36. The van der Waals surface area contributed by atoms with Crippen molar-refractivity contribution in [1.82, 2.24) is 5.32 Å². The number of carbonyl (C=O) groups is 1. The van der Waals surface area contributed by atoms with E-state index in [1.165, 1.54) is 0 Å². The molecule has 1 aromatic rings. The van der Waals surface area contributed by atoms with Crippen molar-refractivity contribution in [2.45, 2.75) is 19.3 Å². The van der Waals surface area contributed by atoms with Crippen molar-refractivity contribution >= 4 is 29.0 Å². The summed E-state index contributed by atoms with van der Waals surface area (Å²) in [4.78, 5) is 12.1. The second-order valence-electron chi connectivity index (χ2n) is 4.40. The van der Waals surface area contributed by atoms with E-state index in [2.05, 4.69) is 5.32 Å². The maximum absolute atomic E-state index is 12.1. The number of halogens is 2. The molecule has 92 valence electrons. The van der Waals surface area contributed by atoms with Gasteiger partial charge >= 0.3 is 0 Å². The lowest BCUT2D eigenvalue weighted by molar-refractivity contribution is -0.122. The van der Waals surface area contributed by atoms with Crippen molar-refractivity contribution in [3.63, 3.8) is 0 Å². The minimum Gasteiger partial charge on any atom is -0.316 e. The third kappa shape index (κ3) is 3.21. The highest BCUT2D eigenvalue weighted by Crippen LogP contribution is 2.27. The average molecular weight is 272 g/mol. The molecule has 1 aromatic carbocycles. The van der Waals surface area contributed by atoms with Gasteiger partial charge in [-0.15, -0.1) is 0 Å². The summed E-state index contributed by atoms with van der Waals surface area (Å²) in [6.07, 6.45) is 2.43. The molecule has 1 unspecified atom stereocenters. The molecule has 4 heteroatoms. The van der Waals surface area contributed by atoms with E-state index in [1.54, 1.807) is 6.07 Å². The highest BCUT2D eigenvalue weighted by Gasteiger charge is 2.21. The fourth-order valence-corrected chi connectivity index (χ4v) is 2.53. The Balaban J connectivity index is 2.04. The van der Waals surface area contributed by atoms with Gasteiger partial charge in [0, 0.05) is 18.9 Å². The molecule has 1 saturated heterocycles. The van der Waals surface area contributed by atoms with Crippen LogP contribution in [0.5, 0.6) is 0 Å². The first-order valence-corrected chi connectivity index (χ1v) is 6.60. The number of nitrogens with one attached hydrogen (secondary N) is 1. The summed E-state index contributed by atoms with van der Waals surface area (Å²) in [5, 5.41) is 4.27. The van der Waals surface area contributed by atoms with Crippen LogP contribution >= 0.6 is 23.2 Å². The maximum atomic E-state index is 12.1. The zero-order valence-electron chi connectivity index (χ0n) is 9.51. The van der Waals surface area contributed by atoms with Gasteiger partial charge < -0.3 is 5.32 Å². The van der Waals surface area contributed by atoms with E-state index in [-0.39, 0.29) is 11.7 Å². The molecule has 1 atom stereocenters. The predicted octanol–water partition coefficient (Wildman–Crippen LogP) is 3.10. The fraction of sp³-hybridized carbons (Fsp3) is 0.462. The number of Topliss-reactive ketones (excluding diaryl/α,β-unsaturated/α-hetero) is 1. The zero-order chi connectivity index (χ0) is 12.3. The molecule has 1 heterocycles. The van der Waals surface area contributed by atoms with Gasteiger partial charge in [0.15, 0.2) is 0 Å². The van der Waals surface area contributed by atoms with Crippen molar-refractivity contribution in [3.8, 4) is 0 Å². The minimum absolute atomic E-state index is 0.124. The van der Waals surface area contributed by atoms with Crippen LogP contribution < -0.4 is 5.32 Å². The topological polar surface area (TPSA) is 29.1 Å². The summed E-state index contributed by atoms with van der Waals surface area (Å²) in [6, 6.07) is 5.43. The van der Waals surface area contributed by atoms with E-state index >= 15 is 0 Å². The van der Waals surface area contributed by atoms with Gasteiger partial charge in [0.05, 0.1) is 10.0 Å². The van der Waals surface area contributed by atoms with Gasteiger partial charge in [0.25, 0.3) is 0 Å². The second kappa shape index (κ2) is 5.85. The van der Waals surface area contributed by atoms with Gasteiger partial charge in [-0.1, -0.05) is 35.3 Å². The molecule has 1 fully saturated rings. The molecular formula is C13H15Cl2NO. The highest BCUT2D eigenvalue weighted by molar-refractivity contribution is 6.42. The normalized spacial score (nSPS) is 20.2. The molecule has 0 aliphatic carbocycles. The van der Waals surface area contributed by atoms with Crippen molar-refractivity contribution in [2.24, 2.45) is 5.92 Å². The van der Waals surface area contributed by atoms with Gasteiger partial charge in [-0.05, 0) is 31.0 Å². The van der Waals surface area contributed by atoms with E-state index in [0.29, 0.717) is 16.5 Å². The number of ketones is 1. The standard InChI is InChI=1S/C13H15Cl2NO/c14-11-5-1-3-9(13(11)15)7-12(17)10-4-2-6-16-8-10/h1,3,5,10,16H,2,4,6-8H2. The predicted molar refractivity (Wildman–Crippen MR) is 70.8 cm³/mol. The molecule has 0 saturated carbocycles. The molecule has 0 spiro atoms. The highest BCUT2D eigenvalue weighted by atomic mass is 35.5. The molecule has 2 rings (SSSR count). The van der Waals surface area contributed by atoms with E-state index < -0.39 is 0 Å². The van der Waals surface area contributed by atoms with Crippen LogP contribution in [0.25, 0.3) is 0 Å². The number of hydrogen-bond acceptors (Lipinski definition) is 2. The SMILES string of the molecule is O=C(Cc1cccc(Cl)c1Cl)C1CCCNC1. The van der Waals surface area contributed by atoms with Crippen LogP contribution in [0.3, 0.4) is 0 Å². The quantitative estimate of drug-likeness (QED) is 0.916. The molecule has 1 aliphatic heterocycles. The Morgan fingerprint density at radius 3 is 2.94 bits per heavy atom. The lowest BCUT2D eigenvalue weighted by Gasteiger charge is -2.21. The molecule has 0 aromatic heterocycles. The van der Waals surface area contributed by atoms with Gasteiger partial charge in [-0.25, -0.2) is 0 Å². The van der Waals surface area contributed by atoms with E-state index in [1.807, 2.05) is 12.1 Å². The Kier molecular flexibility index (Phi) is 4.43. The number of piperidine rings is 1. The van der Waals surface area contributed by atoms with Gasteiger partial charge in [0.1, 0.15) is 5.78 Å². The van der Waals surface area contributed by atoms with Gasteiger partial charge in [0.2, 0.25) is 0 Å². The van der Waals surface area contributed by atoms with E-state index in [4.69, 9.17) is 23.2 Å². The molecular weight excluding hydrogens is 257 g/mol. The first-order chi connectivity index (χ1) is 8.18. The van der Waals surface area contributed by atoms with Crippen LogP contribution in [-0.2, 0) is 11.2 Å². The van der Waals surface area contributed by atoms with Gasteiger partial charge in [-0.2, -0.15) is 0 Å². The largest absolute Gasteiger partial charge is 0.316 e. The molecule has 1 N–H and O–H groups in total. The Labute approximate surface area is 111 Å². The number of rotatable bonds is 3. The Bertz CT molecular complexity index is 414. The Morgan fingerprint density at radius 2 is 2.24 bits per heavy atom. The monoisotopic (exact) mass is 271 g/mol. The van der Waals surface area contributed by atoms with Crippen molar-refractivity contribution in [1.29, 1.82) is 0 Å². The third-order valence-corrected chi connectivity index (χ3v) is 4.01. The molecule has 17 heavy (non-hydrogen) atoms. The summed E-state index contributed by atoms with van der Waals surface area (Å²) in [5.41, 5.74) is 0.828. The molecule has 2 nitrogen and oxygen atoms in total. The van der Waals surface area contributed by atoms with E-state index in [9.17, 15) is 4.79 Å². The van der Waals surface area contributed by atoms with Crippen molar-refractivity contribution in [2.75, 3.05) is 13.1 Å². The minimum atomic E-state index is 0.124. The molecule has 0 radical (unpaired) electrons. The molecule has 0 amide bonds. The molecule has 0 bridgehead atoms.